The molecule has 0 amide bonds. The second-order valence-corrected chi connectivity index (χ2v) is 5.28. The number of aliphatic hydroxyl groups is 1. The number of hydrogen-bond donors (Lipinski definition) is 1. The summed E-state index contributed by atoms with van der Waals surface area (Å²) < 4.78 is 5.67. The van der Waals surface area contributed by atoms with Crippen molar-refractivity contribution in [3.8, 4) is 5.75 Å². The maximum absolute atomic E-state index is 10.1. The standard InChI is InChI=1S/C14H14O2S/c15-14(13-2-1-9-17-13)10-3-5-11(6-4-10)16-12-7-8-12/h1-6,9,12,14-15H,7-8H2. The number of thiophene rings is 1. The summed E-state index contributed by atoms with van der Waals surface area (Å²) in [5.74, 6) is 0.898. The van der Waals surface area contributed by atoms with Crippen LogP contribution in [0.25, 0.3) is 0 Å². The van der Waals surface area contributed by atoms with Crippen molar-refractivity contribution in [2.75, 3.05) is 0 Å². The van der Waals surface area contributed by atoms with Crippen LogP contribution in [0.15, 0.2) is 41.8 Å². The van der Waals surface area contributed by atoms with Crippen molar-refractivity contribution in [1.82, 2.24) is 0 Å². The van der Waals surface area contributed by atoms with Gasteiger partial charge in [-0.2, -0.15) is 0 Å². The molecule has 1 aromatic carbocycles. The zero-order valence-electron chi connectivity index (χ0n) is 9.37. The second-order valence-electron chi connectivity index (χ2n) is 4.30. The fourth-order valence-electron chi connectivity index (χ4n) is 1.72. The molecular formula is C14H14O2S. The normalized spacial score (nSPS) is 16.8. The lowest BCUT2D eigenvalue weighted by atomic mass is 10.1. The average Bonchev–Trinajstić information content (AvgIpc) is 3.00. The van der Waals surface area contributed by atoms with Gasteiger partial charge in [-0.15, -0.1) is 11.3 Å². The lowest BCUT2D eigenvalue weighted by molar-refractivity contribution is 0.224. The number of aliphatic hydroxyl groups excluding tert-OH is 1. The summed E-state index contributed by atoms with van der Waals surface area (Å²) in [5, 5.41) is 12.1. The molecule has 2 nitrogen and oxygen atoms in total. The van der Waals surface area contributed by atoms with Crippen LogP contribution in [0.4, 0.5) is 0 Å². The fraction of sp³-hybridized carbons (Fsp3) is 0.286. The first-order chi connectivity index (χ1) is 8.33. The Morgan fingerprint density at radius 1 is 1.18 bits per heavy atom. The van der Waals surface area contributed by atoms with Gasteiger partial charge in [0.1, 0.15) is 11.9 Å². The van der Waals surface area contributed by atoms with Crippen molar-refractivity contribution < 1.29 is 9.84 Å². The van der Waals surface area contributed by atoms with Gasteiger partial charge in [0, 0.05) is 4.88 Å². The first kappa shape index (κ1) is 10.8. The van der Waals surface area contributed by atoms with E-state index in [1.54, 1.807) is 11.3 Å². The molecule has 17 heavy (non-hydrogen) atoms. The molecule has 1 unspecified atom stereocenters. The highest BCUT2D eigenvalue weighted by atomic mass is 32.1. The molecule has 0 spiro atoms. The van der Waals surface area contributed by atoms with Crippen LogP contribution >= 0.6 is 11.3 Å². The van der Waals surface area contributed by atoms with Gasteiger partial charge >= 0.3 is 0 Å². The quantitative estimate of drug-likeness (QED) is 0.896. The third-order valence-corrected chi connectivity index (χ3v) is 3.76. The molecular weight excluding hydrogens is 232 g/mol. The number of hydrogen-bond acceptors (Lipinski definition) is 3. The number of ether oxygens (including phenoxy) is 1. The molecule has 0 aliphatic heterocycles. The van der Waals surface area contributed by atoms with E-state index in [0.29, 0.717) is 6.10 Å². The minimum absolute atomic E-state index is 0.420. The van der Waals surface area contributed by atoms with Gasteiger partial charge in [0.25, 0.3) is 0 Å². The van der Waals surface area contributed by atoms with Crippen molar-refractivity contribution >= 4 is 11.3 Å². The Morgan fingerprint density at radius 3 is 2.53 bits per heavy atom. The largest absolute Gasteiger partial charge is 0.490 e. The van der Waals surface area contributed by atoms with Gasteiger partial charge in [0.2, 0.25) is 0 Å². The summed E-state index contributed by atoms with van der Waals surface area (Å²) in [7, 11) is 0. The molecule has 0 saturated heterocycles. The summed E-state index contributed by atoms with van der Waals surface area (Å²) in [6.45, 7) is 0. The Balaban J connectivity index is 1.74. The molecule has 0 radical (unpaired) electrons. The maximum Gasteiger partial charge on any atom is 0.119 e. The van der Waals surface area contributed by atoms with Crippen LogP contribution in [-0.2, 0) is 0 Å². The molecule has 1 heterocycles. The molecule has 1 aliphatic rings. The van der Waals surface area contributed by atoms with Crippen LogP contribution in [0.3, 0.4) is 0 Å². The predicted molar refractivity (Wildman–Crippen MR) is 68.5 cm³/mol. The number of rotatable bonds is 4. The van der Waals surface area contributed by atoms with E-state index in [2.05, 4.69) is 0 Å². The van der Waals surface area contributed by atoms with E-state index >= 15 is 0 Å². The first-order valence-corrected chi connectivity index (χ1v) is 6.69. The summed E-state index contributed by atoms with van der Waals surface area (Å²) in [6, 6.07) is 11.6. The first-order valence-electron chi connectivity index (χ1n) is 5.81. The molecule has 1 aliphatic carbocycles. The Hall–Kier alpha value is -1.32. The summed E-state index contributed by atoms with van der Waals surface area (Å²) >= 11 is 1.57. The van der Waals surface area contributed by atoms with Crippen LogP contribution in [0, 0.1) is 0 Å². The van der Waals surface area contributed by atoms with Gasteiger partial charge in [-0.3, -0.25) is 0 Å². The summed E-state index contributed by atoms with van der Waals surface area (Å²) in [4.78, 5) is 0.973. The third kappa shape index (κ3) is 2.51. The van der Waals surface area contributed by atoms with E-state index < -0.39 is 6.10 Å². The van der Waals surface area contributed by atoms with Crippen LogP contribution < -0.4 is 4.74 Å². The van der Waals surface area contributed by atoms with Crippen molar-refractivity contribution in [2.45, 2.75) is 25.0 Å². The topological polar surface area (TPSA) is 29.5 Å². The van der Waals surface area contributed by atoms with Gasteiger partial charge in [0.05, 0.1) is 6.10 Å². The molecule has 0 bridgehead atoms. The van der Waals surface area contributed by atoms with Gasteiger partial charge < -0.3 is 9.84 Å². The highest BCUT2D eigenvalue weighted by Gasteiger charge is 2.23. The van der Waals surface area contributed by atoms with Crippen molar-refractivity contribution in [2.24, 2.45) is 0 Å². The van der Waals surface area contributed by atoms with Crippen molar-refractivity contribution in [1.29, 1.82) is 0 Å². The van der Waals surface area contributed by atoms with Crippen molar-refractivity contribution in [3.63, 3.8) is 0 Å². The molecule has 1 saturated carbocycles. The molecule has 1 fully saturated rings. The Morgan fingerprint density at radius 2 is 1.94 bits per heavy atom. The van der Waals surface area contributed by atoms with E-state index in [-0.39, 0.29) is 0 Å². The van der Waals surface area contributed by atoms with Crippen LogP contribution in [0.2, 0.25) is 0 Å². The maximum atomic E-state index is 10.1. The summed E-state index contributed by atoms with van der Waals surface area (Å²) in [5.41, 5.74) is 0.913. The van der Waals surface area contributed by atoms with E-state index in [1.165, 1.54) is 12.8 Å². The minimum atomic E-state index is -0.523. The van der Waals surface area contributed by atoms with Crippen LogP contribution in [0.5, 0.6) is 5.75 Å². The van der Waals surface area contributed by atoms with E-state index in [1.807, 2.05) is 41.8 Å². The second kappa shape index (κ2) is 4.51. The molecule has 3 heteroatoms. The zero-order chi connectivity index (χ0) is 11.7. The fourth-order valence-corrected chi connectivity index (χ4v) is 2.45. The zero-order valence-corrected chi connectivity index (χ0v) is 10.2. The van der Waals surface area contributed by atoms with Gasteiger partial charge in [-0.1, -0.05) is 18.2 Å². The smallest absolute Gasteiger partial charge is 0.119 e. The van der Waals surface area contributed by atoms with Crippen LogP contribution in [0.1, 0.15) is 29.4 Å². The summed E-state index contributed by atoms with van der Waals surface area (Å²) in [6.07, 6.45) is 2.23. The Kier molecular flexibility index (Phi) is 2.87. The highest BCUT2D eigenvalue weighted by molar-refractivity contribution is 7.10. The van der Waals surface area contributed by atoms with Crippen LogP contribution in [-0.4, -0.2) is 11.2 Å². The Bertz CT molecular complexity index is 471. The average molecular weight is 246 g/mol. The van der Waals surface area contributed by atoms with E-state index in [9.17, 15) is 5.11 Å². The minimum Gasteiger partial charge on any atom is -0.490 e. The van der Waals surface area contributed by atoms with E-state index in [0.717, 1.165) is 16.2 Å². The van der Waals surface area contributed by atoms with Gasteiger partial charge in [0.15, 0.2) is 0 Å². The molecule has 3 rings (SSSR count). The Labute approximate surface area is 104 Å². The molecule has 1 aromatic heterocycles. The number of benzene rings is 1. The predicted octanol–water partition coefficient (Wildman–Crippen LogP) is 3.37. The lowest BCUT2D eigenvalue weighted by Gasteiger charge is -2.10. The molecule has 1 N–H and O–H groups in total. The van der Waals surface area contributed by atoms with Gasteiger partial charge in [-0.05, 0) is 42.0 Å². The van der Waals surface area contributed by atoms with Gasteiger partial charge in [-0.25, -0.2) is 0 Å². The molecule has 88 valence electrons. The van der Waals surface area contributed by atoms with E-state index in [4.69, 9.17) is 4.74 Å². The van der Waals surface area contributed by atoms with Crippen molar-refractivity contribution in [3.05, 3.63) is 52.2 Å². The molecule has 2 aromatic rings. The molecule has 1 atom stereocenters. The highest BCUT2D eigenvalue weighted by Crippen LogP contribution is 2.29. The lowest BCUT2D eigenvalue weighted by Crippen LogP contribution is -1.99. The monoisotopic (exact) mass is 246 g/mol. The SMILES string of the molecule is OC(c1ccc(OC2CC2)cc1)c1cccs1. The third-order valence-electron chi connectivity index (χ3n) is 2.84.